The Kier molecular flexibility index (Phi) is 6.26. The fraction of sp³-hybridized carbons (Fsp3) is 0.368. The smallest absolute Gasteiger partial charge is 0.243 e. The van der Waals surface area contributed by atoms with Gasteiger partial charge in [0.25, 0.3) is 0 Å². The van der Waals surface area contributed by atoms with E-state index in [0.29, 0.717) is 34.3 Å². The predicted octanol–water partition coefficient (Wildman–Crippen LogP) is 3.99. The van der Waals surface area contributed by atoms with Gasteiger partial charge in [0.1, 0.15) is 16.6 Å². The van der Waals surface area contributed by atoms with Crippen molar-refractivity contribution >= 4 is 32.6 Å². The van der Waals surface area contributed by atoms with Crippen molar-refractivity contribution in [3.05, 3.63) is 46.5 Å². The molecule has 1 aliphatic rings. The fourth-order valence-electron chi connectivity index (χ4n) is 2.93. The van der Waals surface area contributed by atoms with Gasteiger partial charge in [-0.25, -0.2) is 13.4 Å². The lowest BCUT2D eigenvalue weighted by atomic mass is 10.2. The van der Waals surface area contributed by atoms with Gasteiger partial charge in [0.05, 0.1) is 4.90 Å². The lowest BCUT2D eigenvalue weighted by Gasteiger charge is -2.20. The molecule has 1 aromatic carbocycles. The monoisotopic (exact) mass is 402 g/mol. The Morgan fingerprint density at radius 2 is 1.89 bits per heavy atom. The van der Waals surface area contributed by atoms with Crippen molar-refractivity contribution < 1.29 is 8.42 Å². The van der Waals surface area contributed by atoms with E-state index in [0.717, 1.165) is 31.4 Å². The Labute approximate surface area is 164 Å². The zero-order valence-electron chi connectivity index (χ0n) is 15.2. The highest BCUT2D eigenvalue weighted by Gasteiger charge is 2.24. The van der Waals surface area contributed by atoms with Gasteiger partial charge in [0.2, 0.25) is 10.0 Å². The summed E-state index contributed by atoms with van der Waals surface area (Å²) in [6.45, 7) is 3.06. The molecule has 0 unspecified atom stereocenters. The topological polar surface area (TPSA) is 86.1 Å². The second kappa shape index (κ2) is 8.65. The van der Waals surface area contributed by atoms with Crippen molar-refractivity contribution in [1.82, 2.24) is 9.29 Å². The highest BCUT2D eigenvalue weighted by Crippen LogP contribution is 2.23. The number of hydrogen-bond acceptors (Lipinski definition) is 6. The largest absolute Gasteiger partial charge is 0.360 e. The summed E-state index contributed by atoms with van der Waals surface area (Å²) >= 11 is 1.41. The SMILES string of the molecule is Cc1csc(/C(C#N)=C/Nc2ccc(S(=O)(=O)N3CCCCCC3)cc2)n1. The van der Waals surface area contributed by atoms with Crippen LogP contribution >= 0.6 is 11.3 Å². The molecular weight excluding hydrogens is 380 g/mol. The first-order chi connectivity index (χ1) is 13.0. The van der Waals surface area contributed by atoms with Crippen LogP contribution in [0.2, 0.25) is 0 Å². The van der Waals surface area contributed by atoms with Crippen LogP contribution < -0.4 is 5.32 Å². The normalized spacial score (nSPS) is 16.5. The average molecular weight is 403 g/mol. The molecule has 0 radical (unpaired) electrons. The molecule has 142 valence electrons. The van der Waals surface area contributed by atoms with Crippen LogP contribution in [0.15, 0.2) is 40.7 Å². The highest BCUT2D eigenvalue weighted by molar-refractivity contribution is 7.89. The first kappa shape index (κ1) is 19.5. The first-order valence-electron chi connectivity index (χ1n) is 8.90. The van der Waals surface area contributed by atoms with E-state index in [1.165, 1.54) is 11.3 Å². The molecule has 0 spiro atoms. The Bertz CT molecular complexity index is 948. The van der Waals surface area contributed by atoms with Crippen LogP contribution in [0, 0.1) is 18.3 Å². The molecule has 0 amide bonds. The average Bonchev–Trinajstić information content (AvgIpc) is 2.93. The van der Waals surface area contributed by atoms with Gasteiger partial charge in [-0.1, -0.05) is 12.8 Å². The van der Waals surface area contributed by atoms with Gasteiger partial charge < -0.3 is 5.32 Å². The second-order valence-electron chi connectivity index (χ2n) is 6.45. The maximum absolute atomic E-state index is 12.8. The van der Waals surface area contributed by atoms with E-state index in [1.807, 2.05) is 12.3 Å². The van der Waals surface area contributed by atoms with E-state index >= 15 is 0 Å². The molecule has 27 heavy (non-hydrogen) atoms. The summed E-state index contributed by atoms with van der Waals surface area (Å²) in [5.74, 6) is 0. The molecule has 1 fully saturated rings. The van der Waals surface area contributed by atoms with Crippen LogP contribution in [-0.4, -0.2) is 30.8 Å². The van der Waals surface area contributed by atoms with Gasteiger partial charge in [0.15, 0.2) is 0 Å². The summed E-state index contributed by atoms with van der Waals surface area (Å²) in [5, 5.41) is 14.9. The standard InChI is InChI=1S/C19H22N4O2S2/c1-15-14-26-19(22-15)16(12-20)13-21-17-6-8-18(9-7-17)27(24,25)23-10-4-2-3-5-11-23/h6-9,13-14,21H,2-5,10-11H2,1H3/b16-13+. The highest BCUT2D eigenvalue weighted by atomic mass is 32.2. The summed E-state index contributed by atoms with van der Waals surface area (Å²) in [5.41, 5.74) is 2.03. The van der Waals surface area contributed by atoms with Crippen LogP contribution in [0.3, 0.4) is 0 Å². The quantitative estimate of drug-likeness (QED) is 0.764. The van der Waals surface area contributed by atoms with E-state index in [2.05, 4.69) is 16.4 Å². The summed E-state index contributed by atoms with van der Waals surface area (Å²) in [6.07, 6.45) is 5.59. The fourth-order valence-corrected chi connectivity index (χ4v) is 5.21. The zero-order valence-corrected chi connectivity index (χ0v) is 16.8. The number of hydrogen-bond donors (Lipinski definition) is 1. The third-order valence-electron chi connectivity index (χ3n) is 4.41. The Morgan fingerprint density at radius 1 is 1.22 bits per heavy atom. The van der Waals surface area contributed by atoms with Gasteiger partial charge in [-0.05, 0) is 44.0 Å². The van der Waals surface area contributed by atoms with Crippen LogP contribution in [-0.2, 0) is 10.0 Å². The van der Waals surface area contributed by atoms with Crippen LogP contribution in [0.1, 0.15) is 36.4 Å². The number of anilines is 1. The molecule has 1 aliphatic heterocycles. The number of allylic oxidation sites excluding steroid dienone is 1. The molecule has 0 atom stereocenters. The predicted molar refractivity (Wildman–Crippen MR) is 108 cm³/mol. The number of nitriles is 1. The van der Waals surface area contributed by atoms with Gasteiger partial charge in [0, 0.05) is 36.1 Å². The number of rotatable bonds is 5. The molecule has 0 aliphatic carbocycles. The number of nitrogens with one attached hydrogen (secondary N) is 1. The van der Waals surface area contributed by atoms with Crippen molar-refractivity contribution in [2.45, 2.75) is 37.5 Å². The summed E-state index contributed by atoms with van der Waals surface area (Å²) in [6, 6.07) is 8.77. The van der Waals surface area contributed by atoms with Crippen molar-refractivity contribution in [1.29, 1.82) is 5.26 Å². The minimum absolute atomic E-state index is 0.301. The van der Waals surface area contributed by atoms with Crippen LogP contribution in [0.4, 0.5) is 5.69 Å². The van der Waals surface area contributed by atoms with Crippen LogP contribution in [0.25, 0.3) is 5.57 Å². The van der Waals surface area contributed by atoms with Gasteiger partial charge >= 0.3 is 0 Å². The van der Waals surface area contributed by atoms with Crippen molar-refractivity contribution in [3.8, 4) is 6.07 Å². The van der Waals surface area contributed by atoms with Crippen molar-refractivity contribution in [2.75, 3.05) is 18.4 Å². The van der Waals surface area contributed by atoms with E-state index in [4.69, 9.17) is 0 Å². The molecule has 2 heterocycles. The van der Waals surface area contributed by atoms with E-state index < -0.39 is 10.0 Å². The molecule has 1 aromatic heterocycles. The molecule has 1 N–H and O–H groups in total. The number of sulfonamides is 1. The number of nitrogens with zero attached hydrogens (tertiary/aromatic N) is 3. The Balaban J connectivity index is 1.73. The maximum Gasteiger partial charge on any atom is 0.243 e. The molecule has 6 nitrogen and oxygen atoms in total. The lowest BCUT2D eigenvalue weighted by molar-refractivity contribution is 0.424. The lowest BCUT2D eigenvalue weighted by Crippen LogP contribution is -2.31. The first-order valence-corrected chi connectivity index (χ1v) is 11.2. The third kappa shape index (κ3) is 4.75. The maximum atomic E-state index is 12.8. The molecule has 0 saturated carbocycles. The van der Waals surface area contributed by atoms with Crippen LogP contribution in [0.5, 0.6) is 0 Å². The van der Waals surface area contributed by atoms with E-state index in [9.17, 15) is 13.7 Å². The van der Waals surface area contributed by atoms with Crippen molar-refractivity contribution in [2.24, 2.45) is 0 Å². The molecular formula is C19H22N4O2S2. The molecule has 1 saturated heterocycles. The third-order valence-corrected chi connectivity index (χ3v) is 7.32. The summed E-state index contributed by atoms with van der Waals surface area (Å²) in [4.78, 5) is 4.60. The molecule has 3 rings (SSSR count). The molecule has 8 heteroatoms. The summed E-state index contributed by atoms with van der Waals surface area (Å²) in [7, 11) is -3.45. The second-order valence-corrected chi connectivity index (χ2v) is 9.25. The van der Waals surface area contributed by atoms with E-state index in [1.54, 1.807) is 34.8 Å². The van der Waals surface area contributed by atoms with Gasteiger partial charge in [-0.15, -0.1) is 11.3 Å². The number of aryl methyl sites for hydroxylation is 1. The van der Waals surface area contributed by atoms with Gasteiger partial charge in [-0.3, -0.25) is 0 Å². The van der Waals surface area contributed by atoms with E-state index in [-0.39, 0.29) is 0 Å². The Morgan fingerprint density at radius 3 is 2.44 bits per heavy atom. The number of aromatic nitrogens is 1. The minimum Gasteiger partial charge on any atom is -0.360 e. The number of thiazole rings is 1. The minimum atomic E-state index is -3.45. The zero-order chi connectivity index (χ0) is 19.3. The van der Waals surface area contributed by atoms with Gasteiger partial charge in [-0.2, -0.15) is 9.57 Å². The molecule has 0 bridgehead atoms. The molecule has 2 aromatic rings. The summed E-state index contributed by atoms with van der Waals surface area (Å²) < 4.78 is 27.2. The Hall–Kier alpha value is -2.21. The number of benzene rings is 1. The van der Waals surface area contributed by atoms with Crippen molar-refractivity contribution in [3.63, 3.8) is 0 Å².